The number of carboxylic acids is 1. The van der Waals surface area contributed by atoms with Gasteiger partial charge >= 0.3 is 12.6 Å². The molecule has 1 aliphatic carbocycles. The molecule has 0 bridgehead atoms. The fourth-order valence-corrected chi connectivity index (χ4v) is 5.46. The number of carbonyl (C=O) groups excluding carboxylic acids is 1. The molecule has 43 heavy (non-hydrogen) atoms. The lowest BCUT2D eigenvalue weighted by Gasteiger charge is -2.27. The number of rotatable bonds is 18. The second-order valence-electron chi connectivity index (χ2n) is 11.1. The van der Waals surface area contributed by atoms with Crippen molar-refractivity contribution in [2.75, 3.05) is 45.3 Å². The van der Waals surface area contributed by atoms with Crippen LogP contribution in [0, 0.1) is 0 Å². The molecule has 0 spiro atoms. The van der Waals surface area contributed by atoms with E-state index in [0.29, 0.717) is 19.4 Å². The maximum Gasteiger partial charge on any atom is 0.388 e. The molecule has 0 saturated heterocycles. The highest BCUT2D eigenvalue weighted by Gasteiger charge is 2.54. The molecular formula is C30H40F3N5O5. The summed E-state index contributed by atoms with van der Waals surface area (Å²) in [7, 11) is 1.43. The number of unbranched alkanes of at least 4 members (excludes halogenated alkanes) is 1. The Hall–Kier alpha value is -3.45. The van der Waals surface area contributed by atoms with Gasteiger partial charge in [0, 0.05) is 44.2 Å². The largest absolute Gasteiger partial charge is 0.480 e. The first-order chi connectivity index (χ1) is 20.8. The molecule has 2 aromatic rings. The molecule has 0 aromatic carbocycles. The molecule has 1 aliphatic heterocycles. The van der Waals surface area contributed by atoms with Crippen LogP contribution in [0.5, 0.6) is 5.88 Å². The van der Waals surface area contributed by atoms with E-state index in [2.05, 4.69) is 32.5 Å². The van der Waals surface area contributed by atoms with Gasteiger partial charge in [0.25, 0.3) is 0 Å². The Morgan fingerprint density at radius 2 is 2.02 bits per heavy atom. The lowest BCUT2D eigenvalue weighted by molar-refractivity contribution is -0.142. The number of nitrogens with one attached hydrogen (secondary N) is 2. The predicted molar refractivity (Wildman–Crippen MR) is 153 cm³/mol. The number of aryl methyl sites for hydroxylation is 2. The third kappa shape index (κ3) is 8.79. The van der Waals surface area contributed by atoms with Gasteiger partial charge in [0.05, 0.1) is 11.5 Å². The van der Waals surface area contributed by atoms with Gasteiger partial charge in [-0.05, 0) is 75.6 Å². The van der Waals surface area contributed by atoms with Crippen molar-refractivity contribution < 1.29 is 37.3 Å². The molecule has 1 amide bonds. The summed E-state index contributed by atoms with van der Waals surface area (Å²) < 4.78 is 49.1. The summed E-state index contributed by atoms with van der Waals surface area (Å²) in [4.78, 5) is 35.9. The maximum absolute atomic E-state index is 13.5. The monoisotopic (exact) mass is 607 g/mol. The average molecular weight is 608 g/mol. The van der Waals surface area contributed by atoms with E-state index in [0.717, 1.165) is 50.2 Å². The van der Waals surface area contributed by atoms with E-state index in [4.69, 9.17) is 9.72 Å². The van der Waals surface area contributed by atoms with E-state index in [1.165, 1.54) is 31.0 Å². The maximum atomic E-state index is 13.5. The van der Waals surface area contributed by atoms with Crippen molar-refractivity contribution in [2.45, 2.75) is 75.5 Å². The summed E-state index contributed by atoms with van der Waals surface area (Å²) in [6.07, 6.45) is 5.90. The standard InChI is InChI=1S/C30H40F3N5O5/c1-42-22(18-31)19-38(16-3-2-7-21-10-9-20-6-4-14-34-25(20)36-21)17-11-24(27(39)40)37-28(41)30(12-13-30)23-8-5-15-35-26(23)43-29(32)33/h5,8-10,15,22,24,29H,2-4,6-7,11-14,16-19H2,1H3,(H,34,36)(H,37,41)(H,39,40). The number of carbonyl (C=O) groups is 2. The Kier molecular flexibility index (Phi) is 11.6. The minimum Gasteiger partial charge on any atom is -0.480 e. The molecule has 10 nitrogen and oxygen atoms in total. The number of hydrogen-bond acceptors (Lipinski definition) is 8. The Balaban J connectivity index is 1.34. The summed E-state index contributed by atoms with van der Waals surface area (Å²) in [6, 6.07) is 5.94. The van der Waals surface area contributed by atoms with Crippen LogP contribution in [0.3, 0.4) is 0 Å². The number of aliphatic carboxylic acids is 1. The fraction of sp³-hybridized carbons (Fsp3) is 0.600. The van der Waals surface area contributed by atoms with Crippen molar-refractivity contribution in [3.05, 3.63) is 47.3 Å². The zero-order valence-electron chi connectivity index (χ0n) is 24.4. The molecular weight excluding hydrogens is 567 g/mol. The molecule has 1 saturated carbocycles. The van der Waals surface area contributed by atoms with E-state index >= 15 is 0 Å². The van der Waals surface area contributed by atoms with E-state index in [-0.39, 0.29) is 31.0 Å². The van der Waals surface area contributed by atoms with Crippen LogP contribution in [0.2, 0.25) is 0 Å². The first-order valence-corrected chi connectivity index (χ1v) is 14.7. The van der Waals surface area contributed by atoms with Crippen molar-refractivity contribution >= 4 is 17.7 Å². The third-order valence-corrected chi connectivity index (χ3v) is 8.09. The second-order valence-corrected chi connectivity index (χ2v) is 11.1. The molecule has 2 aromatic heterocycles. The van der Waals surface area contributed by atoms with Gasteiger partial charge in [-0.2, -0.15) is 8.78 Å². The predicted octanol–water partition coefficient (Wildman–Crippen LogP) is 3.74. The average Bonchev–Trinajstić information content (AvgIpc) is 3.81. The van der Waals surface area contributed by atoms with Crippen LogP contribution < -0.4 is 15.4 Å². The van der Waals surface area contributed by atoms with Gasteiger partial charge in [0.1, 0.15) is 18.5 Å². The molecule has 3 heterocycles. The number of nitrogens with zero attached hydrogens (tertiary/aromatic N) is 3. The summed E-state index contributed by atoms with van der Waals surface area (Å²) in [5, 5.41) is 15.8. The Bertz CT molecular complexity index is 1230. The highest BCUT2D eigenvalue weighted by Crippen LogP contribution is 2.51. The molecule has 2 unspecified atom stereocenters. The van der Waals surface area contributed by atoms with E-state index in [1.54, 1.807) is 0 Å². The van der Waals surface area contributed by atoms with E-state index in [1.807, 2.05) is 4.90 Å². The van der Waals surface area contributed by atoms with E-state index < -0.39 is 42.7 Å². The minimum atomic E-state index is -3.11. The third-order valence-electron chi connectivity index (χ3n) is 8.09. The molecule has 2 aliphatic rings. The summed E-state index contributed by atoms with van der Waals surface area (Å²) in [5.41, 5.74) is 1.25. The van der Waals surface area contributed by atoms with Crippen molar-refractivity contribution in [2.24, 2.45) is 0 Å². The summed E-state index contributed by atoms with van der Waals surface area (Å²) in [6.45, 7) is -1.76. The number of hydrogen-bond donors (Lipinski definition) is 3. The second kappa shape index (κ2) is 15.3. The highest BCUT2D eigenvalue weighted by atomic mass is 19.3. The molecule has 236 valence electrons. The first kappa shape index (κ1) is 32.5. The van der Waals surface area contributed by atoms with Crippen molar-refractivity contribution in [1.82, 2.24) is 20.2 Å². The Morgan fingerprint density at radius 3 is 2.72 bits per heavy atom. The van der Waals surface area contributed by atoms with Crippen molar-refractivity contribution in [3.63, 3.8) is 0 Å². The minimum absolute atomic E-state index is 0.0609. The zero-order valence-corrected chi connectivity index (χ0v) is 24.4. The number of halogens is 3. The van der Waals surface area contributed by atoms with Gasteiger partial charge in [-0.15, -0.1) is 0 Å². The van der Waals surface area contributed by atoms with Crippen LogP contribution in [0.1, 0.15) is 55.3 Å². The fourth-order valence-electron chi connectivity index (χ4n) is 5.46. The molecule has 4 rings (SSSR count). The summed E-state index contributed by atoms with van der Waals surface area (Å²) in [5.74, 6) is -1.20. The SMILES string of the molecule is COC(CF)CN(CCCCc1ccc2c(n1)NCCC2)CCC(NC(=O)C1(c2cccnc2OC(F)F)CC1)C(=O)O. The number of amides is 1. The number of aromatic nitrogens is 2. The lowest BCUT2D eigenvalue weighted by Crippen LogP contribution is -2.47. The number of anilines is 1. The number of pyridine rings is 2. The van der Waals surface area contributed by atoms with Crippen LogP contribution in [0.15, 0.2) is 30.5 Å². The van der Waals surface area contributed by atoms with Gasteiger partial charge < -0.3 is 30.1 Å². The molecule has 3 N–H and O–H groups in total. The number of ether oxygens (including phenoxy) is 2. The topological polar surface area (TPSA) is 126 Å². The van der Waals surface area contributed by atoms with Gasteiger partial charge in [-0.1, -0.05) is 12.1 Å². The lowest BCUT2D eigenvalue weighted by atomic mass is 9.95. The Labute approximate surface area is 249 Å². The van der Waals surface area contributed by atoms with Gasteiger partial charge in [0.15, 0.2) is 0 Å². The number of fused-ring (bicyclic) bond motifs is 1. The number of carboxylic acid groups (broad SMARTS) is 1. The normalized spacial score (nSPS) is 16.7. The highest BCUT2D eigenvalue weighted by molar-refractivity contribution is 5.94. The van der Waals surface area contributed by atoms with Crippen molar-refractivity contribution in [1.29, 1.82) is 0 Å². The quantitative estimate of drug-likeness (QED) is 0.217. The van der Waals surface area contributed by atoms with Gasteiger partial charge in [-0.3, -0.25) is 4.79 Å². The number of alkyl halides is 3. The van der Waals surface area contributed by atoms with E-state index in [9.17, 15) is 27.9 Å². The first-order valence-electron chi connectivity index (χ1n) is 14.7. The van der Waals surface area contributed by atoms with Crippen LogP contribution in [-0.2, 0) is 32.6 Å². The molecule has 0 radical (unpaired) electrons. The van der Waals surface area contributed by atoms with Crippen molar-refractivity contribution in [3.8, 4) is 5.88 Å². The molecule has 2 atom stereocenters. The smallest absolute Gasteiger partial charge is 0.388 e. The van der Waals surface area contributed by atoms with Crippen LogP contribution in [-0.4, -0.2) is 90.6 Å². The van der Waals surface area contributed by atoms with Crippen LogP contribution in [0.25, 0.3) is 0 Å². The Morgan fingerprint density at radius 1 is 1.21 bits per heavy atom. The molecule has 1 fully saturated rings. The number of methoxy groups -OCH3 is 1. The summed E-state index contributed by atoms with van der Waals surface area (Å²) >= 11 is 0. The van der Waals surface area contributed by atoms with Gasteiger partial charge in [0.2, 0.25) is 11.8 Å². The zero-order chi connectivity index (χ0) is 30.8. The van der Waals surface area contributed by atoms with Gasteiger partial charge in [-0.25, -0.2) is 19.2 Å². The van der Waals surface area contributed by atoms with Crippen LogP contribution in [0.4, 0.5) is 19.0 Å². The van der Waals surface area contributed by atoms with Crippen LogP contribution >= 0.6 is 0 Å². The molecule has 13 heteroatoms.